The second kappa shape index (κ2) is 4.87. The monoisotopic (exact) mass is 236 g/mol. The Hall–Kier alpha value is -0.210. The Kier molecular flexibility index (Phi) is 4.07. The largest absolute Gasteiger partial charge is 0.392 e. The molecular formula is C9H7Cl3O. The van der Waals surface area contributed by atoms with E-state index in [1.807, 2.05) is 0 Å². The van der Waals surface area contributed by atoms with Gasteiger partial charge >= 0.3 is 0 Å². The van der Waals surface area contributed by atoms with Gasteiger partial charge in [-0.3, -0.25) is 0 Å². The van der Waals surface area contributed by atoms with Gasteiger partial charge in [-0.2, -0.15) is 0 Å². The van der Waals surface area contributed by atoms with Crippen LogP contribution in [0.5, 0.6) is 0 Å². The molecule has 1 N–H and O–H groups in total. The lowest BCUT2D eigenvalue weighted by Crippen LogP contribution is -1.80. The number of hydrogen-bond donors (Lipinski definition) is 1. The molecule has 1 aromatic carbocycles. The minimum atomic E-state index is -0.0564. The molecule has 0 aliphatic heterocycles. The van der Waals surface area contributed by atoms with E-state index in [0.29, 0.717) is 20.6 Å². The molecule has 0 aliphatic rings. The number of aliphatic hydroxyl groups is 1. The van der Waals surface area contributed by atoms with Gasteiger partial charge in [0.1, 0.15) is 0 Å². The van der Waals surface area contributed by atoms with Crippen molar-refractivity contribution in [2.45, 2.75) is 0 Å². The SMILES string of the molecule is OC/C=C/c1c(Cl)ccc(Cl)c1Cl. The van der Waals surface area contributed by atoms with Crippen molar-refractivity contribution in [1.82, 2.24) is 0 Å². The molecule has 0 saturated heterocycles. The fourth-order valence-electron chi connectivity index (χ4n) is 0.866. The minimum absolute atomic E-state index is 0.0564. The van der Waals surface area contributed by atoms with Crippen LogP contribution in [0, 0.1) is 0 Å². The second-order valence-corrected chi connectivity index (χ2v) is 3.53. The van der Waals surface area contributed by atoms with E-state index in [1.54, 1.807) is 24.3 Å². The van der Waals surface area contributed by atoms with Crippen molar-refractivity contribution in [2.24, 2.45) is 0 Å². The van der Waals surface area contributed by atoms with Crippen LogP contribution in [0.4, 0.5) is 0 Å². The van der Waals surface area contributed by atoms with E-state index in [-0.39, 0.29) is 6.61 Å². The highest BCUT2D eigenvalue weighted by atomic mass is 35.5. The first-order valence-electron chi connectivity index (χ1n) is 3.57. The summed E-state index contributed by atoms with van der Waals surface area (Å²) in [6, 6.07) is 3.29. The van der Waals surface area contributed by atoms with E-state index in [0.717, 1.165) is 0 Å². The van der Waals surface area contributed by atoms with E-state index in [4.69, 9.17) is 39.9 Å². The molecule has 0 radical (unpaired) electrons. The Morgan fingerprint density at radius 3 is 2.38 bits per heavy atom. The Morgan fingerprint density at radius 2 is 1.77 bits per heavy atom. The molecule has 1 nitrogen and oxygen atoms in total. The summed E-state index contributed by atoms with van der Waals surface area (Å²) in [5.41, 5.74) is 0.630. The van der Waals surface area contributed by atoms with Crippen LogP contribution in [0.2, 0.25) is 15.1 Å². The van der Waals surface area contributed by atoms with Crippen molar-refractivity contribution >= 4 is 40.9 Å². The summed E-state index contributed by atoms with van der Waals surface area (Å²) >= 11 is 17.5. The Bertz CT molecular complexity index is 334. The fraction of sp³-hybridized carbons (Fsp3) is 0.111. The molecule has 0 fully saturated rings. The molecule has 4 heteroatoms. The summed E-state index contributed by atoms with van der Waals surface area (Å²) in [5, 5.41) is 9.94. The van der Waals surface area contributed by atoms with Gasteiger partial charge in [-0.05, 0) is 12.1 Å². The molecule has 70 valence electrons. The predicted octanol–water partition coefficient (Wildman–Crippen LogP) is 3.65. The van der Waals surface area contributed by atoms with Gasteiger partial charge in [0.15, 0.2) is 0 Å². The Balaban J connectivity index is 3.17. The molecule has 0 spiro atoms. The molecule has 0 amide bonds. The van der Waals surface area contributed by atoms with Crippen molar-refractivity contribution in [3.63, 3.8) is 0 Å². The summed E-state index contributed by atoms with van der Waals surface area (Å²) in [4.78, 5) is 0. The van der Waals surface area contributed by atoms with Gasteiger partial charge < -0.3 is 5.11 Å². The van der Waals surface area contributed by atoms with E-state index in [1.165, 1.54) is 0 Å². The maximum absolute atomic E-state index is 8.57. The van der Waals surface area contributed by atoms with E-state index in [9.17, 15) is 0 Å². The highest BCUT2D eigenvalue weighted by molar-refractivity contribution is 6.44. The minimum Gasteiger partial charge on any atom is -0.392 e. The fourth-order valence-corrected chi connectivity index (χ4v) is 1.53. The molecule has 0 bridgehead atoms. The number of aliphatic hydroxyl groups excluding tert-OH is 1. The molecule has 13 heavy (non-hydrogen) atoms. The molecule has 1 aromatic rings. The zero-order valence-electron chi connectivity index (χ0n) is 6.60. The third-order valence-electron chi connectivity index (χ3n) is 1.47. The van der Waals surface area contributed by atoms with Gasteiger partial charge in [0, 0.05) is 10.6 Å². The number of benzene rings is 1. The summed E-state index contributed by atoms with van der Waals surface area (Å²) in [7, 11) is 0. The van der Waals surface area contributed by atoms with Crippen LogP contribution in [0.15, 0.2) is 18.2 Å². The Labute approximate surface area is 91.5 Å². The number of rotatable bonds is 2. The highest BCUT2D eigenvalue weighted by Crippen LogP contribution is 2.32. The van der Waals surface area contributed by atoms with Crippen molar-refractivity contribution in [3.05, 3.63) is 38.8 Å². The van der Waals surface area contributed by atoms with E-state index in [2.05, 4.69) is 0 Å². The van der Waals surface area contributed by atoms with Crippen LogP contribution in [-0.4, -0.2) is 11.7 Å². The predicted molar refractivity (Wildman–Crippen MR) is 57.6 cm³/mol. The first kappa shape index (κ1) is 10.9. The molecule has 0 heterocycles. The molecule has 0 unspecified atom stereocenters. The van der Waals surface area contributed by atoms with Crippen molar-refractivity contribution in [1.29, 1.82) is 0 Å². The zero-order valence-corrected chi connectivity index (χ0v) is 8.87. The average molecular weight is 238 g/mol. The smallest absolute Gasteiger partial charge is 0.0679 e. The maximum atomic E-state index is 8.57. The first-order chi connectivity index (χ1) is 6.16. The van der Waals surface area contributed by atoms with Crippen LogP contribution in [0.3, 0.4) is 0 Å². The van der Waals surface area contributed by atoms with Gasteiger partial charge in [0.2, 0.25) is 0 Å². The Morgan fingerprint density at radius 1 is 1.15 bits per heavy atom. The maximum Gasteiger partial charge on any atom is 0.0679 e. The summed E-state index contributed by atoms with van der Waals surface area (Å²) in [5.74, 6) is 0. The number of halogens is 3. The number of hydrogen-bond acceptors (Lipinski definition) is 1. The quantitative estimate of drug-likeness (QED) is 0.779. The van der Waals surface area contributed by atoms with Crippen molar-refractivity contribution < 1.29 is 5.11 Å². The molecule has 0 aromatic heterocycles. The summed E-state index contributed by atoms with van der Waals surface area (Å²) in [6.45, 7) is -0.0564. The standard InChI is InChI=1S/C9H7Cl3O/c10-7-3-4-8(11)9(12)6(7)2-1-5-13/h1-4,13H,5H2/b2-1+. The normalized spacial score (nSPS) is 11.1. The van der Waals surface area contributed by atoms with Crippen LogP contribution in [0.1, 0.15) is 5.56 Å². The van der Waals surface area contributed by atoms with E-state index >= 15 is 0 Å². The lowest BCUT2D eigenvalue weighted by atomic mass is 10.2. The average Bonchev–Trinajstić information content (AvgIpc) is 2.12. The summed E-state index contributed by atoms with van der Waals surface area (Å²) in [6.07, 6.45) is 3.18. The molecule has 0 atom stereocenters. The van der Waals surface area contributed by atoms with Gasteiger partial charge in [0.25, 0.3) is 0 Å². The third-order valence-corrected chi connectivity index (χ3v) is 2.62. The van der Waals surface area contributed by atoms with Crippen LogP contribution in [-0.2, 0) is 0 Å². The molecule has 1 rings (SSSR count). The second-order valence-electron chi connectivity index (χ2n) is 2.34. The van der Waals surface area contributed by atoms with Crippen molar-refractivity contribution in [3.8, 4) is 0 Å². The van der Waals surface area contributed by atoms with E-state index < -0.39 is 0 Å². The van der Waals surface area contributed by atoms with Crippen LogP contribution >= 0.6 is 34.8 Å². The lowest BCUT2D eigenvalue weighted by Gasteiger charge is -2.02. The van der Waals surface area contributed by atoms with Crippen molar-refractivity contribution in [2.75, 3.05) is 6.61 Å². The third kappa shape index (κ3) is 2.61. The van der Waals surface area contributed by atoms with Gasteiger partial charge in [-0.1, -0.05) is 47.0 Å². The topological polar surface area (TPSA) is 20.2 Å². The van der Waals surface area contributed by atoms with Gasteiger partial charge in [-0.15, -0.1) is 0 Å². The first-order valence-corrected chi connectivity index (χ1v) is 4.71. The molecule has 0 saturated carbocycles. The lowest BCUT2D eigenvalue weighted by molar-refractivity contribution is 0.343. The van der Waals surface area contributed by atoms with Gasteiger partial charge in [0.05, 0.1) is 16.7 Å². The van der Waals surface area contributed by atoms with Gasteiger partial charge in [-0.25, -0.2) is 0 Å². The highest BCUT2D eigenvalue weighted by Gasteiger charge is 2.05. The zero-order chi connectivity index (χ0) is 9.84. The molecule has 0 aliphatic carbocycles. The van der Waals surface area contributed by atoms with Crippen LogP contribution < -0.4 is 0 Å². The molecular weight excluding hydrogens is 230 g/mol. The van der Waals surface area contributed by atoms with Crippen LogP contribution in [0.25, 0.3) is 6.08 Å². The summed E-state index contributed by atoms with van der Waals surface area (Å²) < 4.78 is 0.